The van der Waals surface area contributed by atoms with Crippen LogP contribution in [0.15, 0.2) is 71.6 Å². The summed E-state index contributed by atoms with van der Waals surface area (Å²) >= 11 is 6.32. The van der Waals surface area contributed by atoms with Crippen LogP contribution in [-0.4, -0.2) is 20.9 Å². The number of aryl methyl sites for hydroxylation is 3. The first-order valence-electron chi connectivity index (χ1n) is 10.3. The predicted molar refractivity (Wildman–Crippen MR) is 130 cm³/mol. The zero-order chi connectivity index (χ0) is 23.5. The molecule has 168 valence electrons. The van der Waals surface area contributed by atoms with E-state index in [9.17, 15) is 13.2 Å². The Morgan fingerprint density at radius 2 is 1.62 bits per heavy atom. The molecule has 3 rings (SSSR count). The molecule has 1 atom stereocenters. The van der Waals surface area contributed by atoms with Crippen molar-refractivity contribution in [1.29, 1.82) is 0 Å². The lowest BCUT2D eigenvalue weighted by Gasteiger charge is -2.26. The van der Waals surface area contributed by atoms with Crippen molar-refractivity contribution in [2.24, 2.45) is 0 Å². The number of benzene rings is 3. The van der Waals surface area contributed by atoms with E-state index in [0.29, 0.717) is 0 Å². The standard InChI is InChI=1S/C25H27ClN2O3S/c1-17-9-13-22(14-10-17)32(30,31)28(24-8-6-5-7-23(24)26)16-25(29)27-20(4)21-12-11-18(2)19(3)15-21/h5-15,20H,16H2,1-4H3,(H,27,29). The molecule has 0 aliphatic heterocycles. The molecule has 1 amide bonds. The van der Waals surface area contributed by atoms with Gasteiger partial charge in [-0.1, -0.05) is 59.6 Å². The van der Waals surface area contributed by atoms with Crippen LogP contribution in [0, 0.1) is 20.8 Å². The average molecular weight is 471 g/mol. The second kappa shape index (κ2) is 9.76. The van der Waals surface area contributed by atoms with Crippen molar-refractivity contribution >= 4 is 33.2 Å². The molecule has 32 heavy (non-hydrogen) atoms. The van der Waals surface area contributed by atoms with E-state index in [2.05, 4.69) is 5.32 Å². The highest BCUT2D eigenvalue weighted by Gasteiger charge is 2.29. The molecule has 0 saturated carbocycles. The van der Waals surface area contributed by atoms with Crippen molar-refractivity contribution in [1.82, 2.24) is 5.32 Å². The van der Waals surface area contributed by atoms with Gasteiger partial charge in [0.15, 0.2) is 0 Å². The van der Waals surface area contributed by atoms with Gasteiger partial charge in [-0.2, -0.15) is 0 Å². The average Bonchev–Trinajstić information content (AvgIpc) is 2.74. The van der Waals surface area contributed by atoms with Crippen LogP contribution in [0.3, 0.4) is 0 Å². The molecule has 0 aliphatic carbocycles. The second-order valence-electron chi connectivity index (χ2n) is 7.91. The summed E-state index contributed by atoms with van der Waals surface area (Å²) in [5, 5.41) is 3.16. The fourth-order valence-corrected chi connectivity index (χ4v) is 5.05. The number of carbonyl (C=O) groups excluding carboxylic acids is 1. The molecule has 0 fully saturated rings. The monoisotopic (exact) mass is 470 g/mol. The molecule has 0 spiro atoms. The smallest absolute Gasteiger partial charge is 0.264 e. The van der Waals surface area contributed by atoms with Crippen molar-refractivity contribution in [3.63, 3.8) is 0 Å². The van der Waals surface area contributed by atoms with Crippen molar-refractivity contribution in [2.75, 3.05) is 10.8 Å². The molecule has 3 aromatic rings. The third kappa shape index (κ3) is 5.31. The lowest BCUT2D eigenvalue weighted by Crippen LogP contribution is -2.41. The molecule has 0 radical (unpaired) electrons. The van der Waals surface area contributed by atoms with Crippen molar-refractivity contribution < 1.29 is 13.2 Å². The number of rotatable bonds is 7. The highest BCUT2D eigenvalue weighted by molar-refractivity contribution is 7.92. The van der Waals surface area contributed by atoms with Gasteiger partial charge in [0.25, 0.3) is 10.0 Å². The maximum Gasteiger partial charge on any atom is 0.264 e. The van der Waals surface area contributed by atoms with Gasteiger partial charge in [-0.3, -0.25) is 9.10 Å². The molecule has 0 saturated heterocycles. The first-order chi connectivity index (χ1) is 15.1. The van der Waals surface area contributed by atoms with Gasteiger partial charge in [-0.15, -0.1) is 0 Å². The van der Waals surface area contributed by atoms with E-state index >= 15 is 0 Å². The Morgan fingerprint density at radius 1 is 0.969 bits per heavy atom. The lowest BCUT2D eigenvalue weighted by atomic mass is 10.0. The summed E-state index contributed by atoms with van der Waals surface area (Å²) < 4.78 is 28.0. The fourth-order valence-electron chi connectivity index (χ4n) is 3.33. The van der Waals surface area contributed by atoms with Gasteiger partial charge >= 0.3 is 0 Å². The molecular weight excluding hydrogens is 444 g/mol. The van der Waals surface area contributed by atoms with Crippen LogP contribution in [-0.2, 0) is 14.8 Å². The Hall–Kier alpha value is -2.83. The number of anilines is 1. The highest BCUT2D eigenvalue weighted by atomic mass is 35.5. The topological polar surface area (TPSA) is 66.5 Å². The number of hydrogen-bond donors (Lipinski definition) is 1. The lowest BCUT2D eigenvalue weighted by molar-refractivity contribution is -0.120. The summed E-state index contributed by atoms with van der Waals surface area (Å²) in [6.45, 7) is 7.40. The molecule has 0 heterocycles. The van der Waals surface area contributed by atoms with Crippen LogP contribution in [0.5, 0.6) is 0 Å². The Balaban J connectivity index is 1.90. The van der Waals surface area contributed by atoms with Gasteiger partial charge in [0, 0.05) is 0 Å². The summed E-state index contributed by atoms with van der Waals surface area (Å²) in [4.78, 5) is 13.0. The van der Waals surface area contributed by atoms with Crippen LogP contribution >= 0.6 is 11.6 Å². The van der Waals surface area contributed by atoms with Crippen LogP contribution in [0.25, 0.3) is 0 Å². The van der Waals surface area contributed by atoms with Gasteiger partial charge in [0.05, 0.1) is 21.6 Å². The normalized spacial score (nSPS) is 12.3. The van der Waals surface area contributed by atoms with E-state index in [1.807, 2.05) is 45.9 Å². The molecule has 3 aromatic carbocycles. The molecule has 7 heteroatoms. The van der Waals surface area contributed by atoms with E-state index in [1.165, 1.54) is 17.7 Å². The van der Waals surface area contributed by atoms with Gasteiger partial charge in [-0.25, -0.2) is 8.42 Å². The quantitative estimate of drug-likeness (QED) is 0.507. The van der Waals surface area contributed by atoms with E-state index in [0.717, 1.165) is 21.0 Å². The molecular formula is C25H27ClN2O3S. The van der Waals surface area contributed by atoms with Crippen molar-refractivity contribution in [2.45, 2.75) is 38.6 Å². The maximum absolute atomic E-state index is 13.5. The first kappa shape index (κ1) is 23.8. The predicted octanol–water partition coefficient (Wildman–Crippen LogP) is 5.34. The minimum atomic E-state index is -4.01. The number of hydrogen-bond acceptors (Lipinski definition) is 3. The highest BCUT2D eigenvalue weighted by Crippen LogP contribution is 2.30. The Morgan fingerprint density at radius 3 is 2.25 bits per heavy atom. The zero-order valence-corrected chi connectivity index (χ0v) is 20.2. The maximum atomic E-state index is 13.5. The summed E-state index contributed by atoms with van der Waals surface area (Å²) in [6.07, 6.45) is 0. The summed E-state index contributed by atoms with van der Waals surface area (Å²) in [5.74, 6) is -0.425. The summed E-state index contributed by atoms with van der Waals surface area (Å²) in [7, 11) is -4.01. The van der Waals surface area contributed by atoms with E-state index in [-0.39, 0.29) is 21.6 Å². The molecule has 0 aromatic heterocycles. The summed E-state index contributed by atoms with van der Waals surface area (Å²) in [5.41, 5.74) is 4.44. The van der Waals surface area contributed by atoms with Crippen LogP contribution in [0.4, 0.5) is 5.69 Å². The number of nitrogens with one attached hydrogen (secondary N) is 1. The van der Waals surface area contributed by atoms with Gasteiger partial charge in [-0.05, 0) is 68.7 Å². The second-order valence-corrected chi connectivity index (χ2v) is 10.2. The number of amides is 1. The number of nitrogens with zero attached hydrogens (tertiary/aromatic N) is 1. The SMILES string of the molecule is Cc1ccc(S(=O)(=O)N(CC(=O)NC(C)c2ccc(C)c(C)c2)c2ccccc2Cl)cc1. The van der Waals surface area contributed by atoms with E-state index in [1.54, 1.807) is 36.4 Å². The molecule has 0 bridgehead atoms. The Bertz CT molecular complexity index is 1220. The van der Waals surface area contributed by atoms with E-state index < -0.39 is 22.5 Å². The number of para-hydroxylation sites is 1. The van der Waals surface area contributed by atoms with Gasteiger partial charge in [0.2, 0.25) is 5.91 Å². The number of sulfonamides is 1. The van der Waals surface area contributed by atoms with Crippen LogP contribution in [0.2, 0.25) is 5.02 Å². The molecule has 1 N–H and O–H groups in total. The fraction of sp³-hybridized carbons (Fsp3) is 0.240. The third-order valence-electron chi connectivity index (χ3n) is 5.43. The van der Waals surface area contributed by atoms with E-state index in [4.69, 9.17) is 11.6 Å². The Labute approximate surface area is 195 Å². The molecule has 1 unspecified atom stereocenters. The summed E-state index contributed by atoms with van der Waals surface area (Å²) in [6, 6.07) is 18.8. The van der Waals surface area contributed by atoms with Gasteiger partial charge in [0.1, 0.15) is 6.54 Å². The largest absolute Gasteiger partial charge is 0.348 e. The molecule has 5 nitrogen and oxygen atoms in total. The number of carbonyl (C=O) groups is 1. The van der Waals surface area contributed by atoms with Crippen molar-refractivity contribution in [3.05, 3.63) is 94.0 Å². The van der Waals surface area contributed by atoms with Crippen LogP contribution < -0.4 is 9.62 Å². The zero-order valence-electron chi connectivity index (χ0n) is 18.6. The molecule has 0 aliphatic rings. The minimum absolute atomic E-state index is 0.0954. The Kier molecular flexibility index (Phi) is 7.26. The number of halogens is 1. The van der Waals surface area contributed by atoms with Crippen LogP contribution in [0.1, 0.15) is 35.2 Å². The first-order valence-corrected chi connectivity index (χ1v) is 12.1. The van der Waals surface area contributed by atoms with Crippen molar-refractivity contribution in [3.8, 4) is 0 Å². The van der Waals surface area contributed by atoms with Gasteiger partial charge < -0.3 is 5.32 Å². The minimum Gasteiger partial charge on any atom is -0.348 e. The third-order valence-corrected chi connectivity index (χ3v) is 7.52.